The lowest BCUT2D eigenvalue weighted by Gasteiger charge is -2.14. The molecule has 1 fully saturated rings. The van der Waals surface area contributed by atoms with E-state index in [4.69, 9.17) is 10.9 Å². The first kappa shape index (κ1) is 12.3. The highest BCUT2D eigenvalue weighted by Crippen LogP contribution is 2.46. The van der Waals surface area contributed by atoms with Crippen molar-refractivity contribution < 1.29 is 14.4 Å². The van der Waals surface area contributed by atoms with Crippen molar-refractivity contribution in [1.29, 1.82) is 0 Å². The third-order valence-corrected chi connectivity index (χ3v) is 3.16. The normalized spacial score (nSPS) is 17.3. The number of hydrogen-bond donors (Lipinski definition) is 3. The van der Waals surface area contributed by atoms with Crippen LogP contribution in [0.4, 0.5) is 10.1 Å². The number of halogens is 1. The topological polar surface area (TPSA) is 87.7 Å². The molecule has 1 amide bonds. The number of amides is 1. The molecule has 0 radical (unpaired) electrons. The standard InChI is InChI=1S/C12H14FN3O2/c1-7-2-3-9(8(13)6-7)15-11(17)12(4-5-12)10(14)16-18/h2-3,6,18H,4-5H2,1H3,(H2,14,16)(H,15,17). The summed E-state index contributed by atoms with van der Waals surface area (Å²) in [7, 11) is 0. The molecule has 18 heavy (non-hydrogen) atoms. The van der Waals surface area contributed by atoms with E-state index in [1.54, 1.807) is 13.0 Å². The maximum Gasteiger partial charge on any atom is 0.238 e. The largest absolute Gasteiger partial charge is 0.409 e. The summed E-state index contributed by atoms with van der Waals surface area (Å²) in [5.41, 5.74) is 5.36. The highest BCUT2D eigenvalue weighted by atomic mass is 19.1. The fourth-order valence-electron chi connectivity index (χ4n) is 1.78. The molecule has 0 saturated heterocycles. The Morgan fingerprint density at radius 3 is 2.72 bits per heavy atom. The van der Waals surface area contributed by atoms with E-state index in [1.807, 2.05) is 0 Å². The lowest BCUT2D eigenvalue weighted by atomic mass is 10.0. The van der Waals surface area contributed by atoms with Crippen molar-refractivity contribution in [2.45, 2.75) is 19.8 Å². The molecule has 0 unspecified atom stereocenters. The summed E-state index contributed by atoms with van der Waals surface area (Å²) in [5, 5.41) is 14.0. The number of amidine groups is 1. The van der Waals surface area contributed by atoms with E-state index in [-0.39, 0.29) is 11.5 Å². The van der Waals surface area contributed by atoms with Crippen molar-refractivity contribution in [1.82, 2.24) is 0 Å². The van der Waals surface area contributed by atoms with Gasteiger partial charge in [0.25, 0.3) is 0 Å². The van der Waals surface area contributed by atoms with Crippen LogP contribution in [0.15, 0.2) is 23.4 Å². The van der Waals surface area contributed by atoms with Crippen LogP contribution in [0, 0.1) is 18.2 Å². The molecule has 0 bridgehead atoms. The van der Waals surface area contributed by atoms with Crippen LogP contribution in [-0.2, 0) is 4.79 Å². The summed E-state index contributed by atoms with van der Waals surface area (Å²) in [4.78, 5) is 12.0. The molecule has 0 atom stereocenters. The van der Waals surface area contributed by atoms with Gasteiger partial charge in [0.15, 0.2) is 5.84 Å². The summed E-state index contributed by atoms with van der Waals surface area (Å²) in [6.45, 7) is 1.76. The quantitative estimate of drug-likeness (QED) is 0.330. The molecule has 2 rings (SSSR count). The Hall–Kier alpha value is -2.11. The minimum Gasteiger partial charge on any atom is -0.409 e. The van der Waals surface area contributed by atoms with Gasteiger partial charge in [-0.25, -0.2) is 4.39 Å². The van der Waals surface area contributed by atoms with Gasteiger partial charge in [-0.15, -0.1) is 0 Å². The molecule has 1 aromatic carbocycles. The number of hydrogen-bond acceptors (Lipinski definition) is 3. The zero-order valence-electron chi connectivity index (χ0n) is 9.90. The number of oxime groups is 1. The van der Waals surface area contributed by atoms with Gasteiger partial charge in [0.1, 0.15) is 11.2 Å². The van der Waals surface area contributed by atoms with E-state index in [0.717, 1.165) is 5.56 Å². The second kappa shape index (κ2) is 4.29. The summed E-state index contributed by atoms with van der Waals surface area (Å²) in [6, 6.07) is 4.52. The van der Waals surface area contributed by atoms with Crippen LogP contribution in [0.5, 0.6) is 0 Å². The Bertz CT molecular complexity index is 524. The molecule has 0 aromatic heterocycles. The molecule has 4 N–H and O–H groups in total. The van der Waals surface area contributed by atoms with Gasteiger partial charge in [0.05, 0.1) is 5.69 Å². The second-order valence-corrected chi connectivity index (χ2v) is 4.50. The predicted molar refractivity (Wildman–Crippen MR) is 64.8 cm³/mol. The average molecular weight is 251 g/mol. The van der Waals surface area contributed by atoms with E-state index in [9.17, 15) is 9.18 Å². The van der Waals surface area contributed by atoms with Crippen molar-refractivity contribution >= 4 is 17.4 Å². The number of carbonyl (C=O) groups is 1. The summed E-state index contributed by atoms with van der Waals surface area (Å²) in [5.74, 6) is -1.08. The maximum atomic E-state index is 13.6. The SMILES string of the molecule is Cc1ccc(NC(=O)C2(/C(N)=N/O)CC2)c(F)c1. The van der Waals surface area contributed by atoms with Gasteiger partial charge in [-0.2, -0.15) is 0 Å². The number of nitrogens with zero attached hydrogens (tertiary/aromatic N) is 1. The fraction of sp³-hybridized carbons (Fsp3) is 0.333. The molecule has 0 spiro atoms. The molecular weight excluding hydrogens is 237 g/mol. The van der Waals surface area contributed by atoms with Crippen LogP contribution >= 0.6 is 0 Å². The van der Waals surface area contributed by atoms with E-state index in [2.05, 4.69) is 10.5 Å². The van der Waals surface area contributed by atoms with Crippen LogP contribution in [0.2, 0.25) is 0 Å². The number of aryl methyl sites for hydroxylation is 1. The zero-order chi connectivity index (χ0) is 13.3. The third-order valence-electron chi connectivity index (χ3n) is 3.16. The summed E-state index contributed by atoms with van der Waals surface area (Å²) < 4.78 is 13.6. The minimum absolute atomic E-state index is 0.0996. The van der Waals surface area contributed by atoms with Crippen LogP contribution in [0.1, 0.15) is 18.4 Å². The van der Waals surface area contributed by atoms with E-state index in [1.165, 1.54) is 12.1 Å². The molecule has 96 valence electrons. The van der Waals surface area contributed by atoms with Crippen LogP contribution in [0.25, 0.3) is 0 Å². The smallest absolute Gasteiger partial charge is 0.238 e. The number of benzene rings is 1. The van der Waals surface area contributed by atoms with Crippen LogP contribution in [-0.4, -0.2) is 17.0 Å². The molecule has 1 aromatic rings. The van der Waals surface area contributed by atoms with Gasteiger partial charge in [0, 0.05) is 0 Å². The Labute approximate surface area is 103 Å². The Balaban J connectivity index is 2.18. The minimum atomic E-state index is -0.980. The Morgan fingerprint density at radius 1 is 1.56 bits per heavy atom. The van der Waals surface area contributed by atoms with Gasteiger partial charge in [-0.3, -0.25) is 4.79 Å². The lowest BCUT2D eigenvalue weighted by Crippen LogP contribution is -2.36. The molecule has 0 heterocycles. The first-order valence-corrected chi connectivity index (χ1v) is 5.55. The number of anilines is 1. The number of nitrogens with one attached hydrogen (secondary N) is 1. The Morgan fingerprint density at radius 2 is 2.22 bits per heavy atom. The predicted octanol–water partition coefficient (Wildman–Crippen LogP) is 1.60. The molecule has 5 nitrogen and oxygen atoms in total. The molecule has 6 heteroatoms. The highest BCUT2D eigenvalue weighted by molar-refractivity contribution is 6.14. The Kier molecular flexibility index (Phi) is 2.94. The number of nitrogens with two attached hydrogens (primary N) is 1. The van der Waals surface area contributed by atoms with Crippen molar-refractivity contribution in [2.75, 3.05) is 5.32 Å². The zero-order valence-corrected chi connectivity index (χ0v) is 9.90. The van der Waals surface area contributed by atoms with Gasteiger partial charge in [0.2, 0.25) is 5.91 Å². The second-order valence-electron chi connectivity index (χ2n) is 4.50. The van der Waals surface area contributed by atoms with Crippen molar-refractivity contribution in [3.05, 3.63) is 29.6 Å². The number of carbonyl (C=O) groups excluding carboxylic acids is 1. The van der Waals surface area contributed by atoms with Crippen LogP contribution < -0.4 is 11.1 Å². The van der Waals surface area contributed by atoms with E-state index in [0.29, 0.717) is 12.8 Å². The molecule has 1 aliphatic rings. The molecule has 0 aliphatic heterocycles. The lowest BCUT2D eigenvalue weighted by molar-refractivity contribution is -0.119. The van der Waals surface area contributed by atoms with Gasteiger partial charge in [-0.05, 0) is 37.5 Å². The first-order valence-electron chi connectivity index (χ1n) is 5.55. The van der Waals surface area contributed by atoms with Crippen LogP contribution in [0.3, 0.4) is 0 Å². The maximum absolute atomic E-state index is 13.6. The fourth-order valence-corrected chi connectivity index (χ4v) is 1.78. The van der Waals surface area contributed by atoms with Crippen molar-refractivity contribution in [3.8, 4) is 0 Å². The van der Waals surface area contributed by atoms with Crippen molar-refractivity contribution in [3.63, 3.8) is 0 Å². The summed E-state index contributed by atoms with van der Waals surface area (Å²) >= 11 is 0. The van der Waals surface area contributed by atoms with Gasteiger partial charge < -0.3 is 16.3 Å². The molecular formula is C12H14FN3O2. The van der Waals surface area contributed by atoms with Gasteiger partial charge in [-0.1, -0.05) is 11.2 Å². The summed E-state index contributed by atoms with van der Waals surface area (Å²) in [6.07, 6.45) is 1.00. The monoisotopic (exact) mass is 251 g/mol. The molecule has 1 saturated carbocycles. The highest BCUT2D eigenvalue weighted by Gasteiger charge is 2.54. The molecule has 1 aliphatic carbocycles. The van der Waals surface area contributed by atoms with Crippen molar-refractivity contribution in [2.24, 2.45) is 16.3 Å². The third kappa shape index (κ3) is 2.01. The van der Waals surface area contributed by atoms with E-state index >= 15 is 0 Å². The average Bonchev–Trinajstić information content (AvgIpc) is 3.13. The van der Waals surface area contributed by atoms with Gasteiger partial charge >= 0.3 is 0 Å². The number of rotatable bonds is 3. The van der Waals surface area contributed by atoms with E-state index < -0.39 is 17.1 Å². The first-order chi connectivity index (χ1) is 8.49.